The largest absolute Gasteiger partial charge is 0.456 e. The zero-order chi connectivity index (χ0) is 11.1. The summed E-state index contributed by atoms with van der Waals surface area (Å²) in [6.45, 7) is 0. The Hall–Kier alpha value is -1.12. The van der Waals surface area contributed by atoms with Crippen LogP contribution in [0.5, 0.6) is 0 Å². The molecular weight excluding hydrogens is 240 g/mol. The van der Waals surface area contributed by atoms with Gasteiger partial charge in [0.2, 0.25) is 0 Å². The van der Waals surface area contributed by atoms with Gasteiger partial charge in [0.1, 0.15) is 11.2 Å². The summed E-state index contributed by atoms with van der Waals surface area (Å²) in [6, 6.07) is 11.9. The third-order valence-corrected chi connectivity index (χ3v) is 3.60. The number of fused-ring (bicyclic) bond motifs is 3. The standard InChI is InChI=1S/C13H9ClOS/c1-16-9-3-5-13-11(7-9)10-6-8(14)2-4-12(10)15-13/h2-7H,1H3. The van der Waals surface area contributed by atoms with Crippen molar-refractivity contribution in [3.63, 3.8) is 0 Å². The SMILES string of the molecule is CSc1ccc2oc3ccc(Cl)cc3c2c1. The molecular formula is C13H9ClOS. The van der Waals surface area contributed by atoms with Gasteiger partial charge in [0.15, 0.2) is 0 Å². The van der Waals surface area contributed by atoms with Gasteiger partial charge in [0, 0.05) is 20.7 Å². The molecule has 16 heavy (non-hydrogen) atoms. The maximum atomic E-state index is 6.00. The molecule has 3 aromatic rings. The monoisotopic (exact) mass is 248 g/mol. The van der Waals surface area contributed by atoms with E-state index in [1.165, 1.54) is 4.90 Å². The van der Waals surface area contributed by atoms with E-state index >= 15 is 0 Å². The Morgan fingerprint density at radius 2 is 1.69 bits per heavy atom. The predicted octanol–water partition coefficient (Wildman–Crippen LogP) is 4.96. The molecule has 1 heterocycles. The molecule has 0 radical (unpaired) electrons. The van der Waals surface area contributed by atoms with Gasteiger partial charge in [-0.15, -0.1) is 11.8 Å². The molecule has 2 aromatic carbocycles. The first-order valence-electron chi connectivity index (χ1n) is 4.94. The van der Waals surface area contributed by atoms with E-state index in [1.54, 1.807) is 11.8 Å². The minimum Gasteiger partial charge on any atom is -0.456 e. The molecule has 0 aliphatic rings. The Labute approximate surface area is 102 Å². The van der Waals surface area contributed by atoms with Gasteiger partial charge >= 0.3 is 0 Å². The Balaban J connectivity index is 2.44. The molecule has 0 aliphatic carbocycles. The van der Waals surface area contributed by atoms with E-state index in [-0.39, 0.29) is 0 Å². The fourth-order valence-electron chi connectivity index (χ4n) is 1.86. The van der Waals surface area contributed by atoms with Gasteiger partial charge in [-0.3, -0.25) is 0 Å². The quantitative estimate of drug-likeness (QED) is 0.565. The van der Waals surface area contributed by atoms with Gasteiger partial charge in [-0.1, -0.05) is 11.6 Å². The van der Waals surface area contributed by atoms with Crippen LogP contribution in [0.2, 0.25) is 5.02 Å². The van der Waals surface area contributed by atoms with Crippen molar-refractivity contribution in [1.29, 1.82) is 0 Å². The summed E-state index contributed by atoms with van der Waals surface area (Å²) < 4.78 is 5.74. The molecule has 3 heteroatoms. The molecule has 0 unspecified atom stereocenters. The van der Waals surface area contributed by atoms with E-state index in [2.05, 4.69) is 18.4 Å². The van der Waals surface area contributed by atoms with E-state index in [9.17, 15) is 0 Å². The van der Waals surface area contributed by atoms with Crippen LogP contribution in [0.3, 0.4) is 0 Å². The molecule has 0 atom stereocenters. The predicted molar refractivity (Wildman–Crippen MR) is 70.5 cm³/mol. The summed E-state index contributed by atoms with van der Waals surface area (Å²) in [5, 5.41) is 2.95. The van der Waals surface area contributed by atoms with Crippen molar-refractivity contribution in [1.82, 2.24) is 0 Å². The number of halogens is 1. The summed E-state index contributed by atoms with van der Waals surface area (Å²) in [7, 11) is 0. The van der Waals surface area contributed by atoms with Crippen LogP contribution in [0, 0.1) is 0 Å². The van der Waals surface area contributed by atoms with Crippen LogP contribution in [-0.4, -0.2) is 6.26 Å². The third kappa shape index (κ3) is 1.49. The van der Waals surface area contributed by atoms with Gasteiger partial charge in [0.05, 0.1) is 0 Å². The fraction of sp³-hybridized carbons (Fsp3) is 0.0769. The maximum absolute atomic E-state index is 6.00. The smallest absolute Gasteiger partial charge is 0.135 e. The Morgan fingerprint density at radius 3 is 2.44 bits per heavy atom. The number of thioether (sulfide) groups is 1. The summed E-state index contributed by atoms with van der Waals surface area (Å²) in [5.41, 5.74) is 1.80. The second-order valence-electron chi connectivity index (χ2n) is 3.60. The van der Waals surface area contributed by atoms with Crippen LogP contribution in [-0.2, 0) is 0 Å². The fourth-order valence-corrected chi connectivity index (χ4v) is 2.47. The Morgan fingerprint density at radius 1 is 1.00 bits per heavy atom. The highest BCUT2D eigenvalue weighted by atomic mass is 35.5. The highest BCUT2D eigenvalue weighted by Crippen LogP contribution is 2.32. The second kappa shape index (κ2) is 3.72. The summed E-state index contributed by atoms with van der Waals surface area (Å²) in [5.74, 6) is 0. The van der Waals surface area contributed by atoms with Gasteiger partial charge in [-0.2, -0.15) is 0 Å². The highest BCUT2D eigenvalue weighted by molar-refractivity contribution is 7.98. The van der Waals surface area contributed by atoms with Crippen molar-refractivity contribution in [3.8, 4) is 0 Å². The molecule has 0 N–H and O–H groups in total. The lowest BCUT2D eigenvalue weighted by atomic mass is 10.1. The number of hydrogen-bond acceptors (Lipinski definition) is 2. The van der Waals surface area contributed by atoms with Gasteiger partial charge < -0.3 is 4.42 Å². The van der Waals surface area contributed by atoms with Crippen LogP contribution in [0.25, 0.3) is 21.9 Å². The first kappa shape index (κ1) is 10.1. The van der Waals surface area contributed by atoms with Crippen LogP contribution in [0.1, 0.15) is 0 Å². The van der Waals surface area contributed by atoms with Crippen LogP contribution < -0.4 is 0 Å². The number of hydrogen-bond donors (Lipinski definition) is 0. The normalized spacial score (nSPS) is 11.4. The van der Waals surface area contributed by atoms with Crippen molar-refractivity contribution in [2.24, 2.45) is 0 Å². The average Bonchev–Trinajstić information content (AvgIpc) is 2.66. The zero-order valence-corrected chi connectivity index (χ0v) is 10.2. The first-order chi connectivity index (χ1) is 7.78. The molecule has 80 valence electrons. The molecule has 0 fully saturated rings. The Bertz CT molecular complexity index is 672. The summed E-state index contributed by atoms with van der Waals surface area (Å²) in [4.78, 5) is 1.23. The van der Waals surface area contributed by atoms with Gasteiger partial charge in [-0.05, 0) is 42.7 Å². The first-order valence-corrected chi connectivity index (χ1v) is 6.54. The summed E-state index contributed by atoms with van der Waals surface area (Å²) >= 11 is 7.73. The molecule has 1 aromatic heterocycles. The van der Waals surface area contributed by atoms with Gasteiger partial charge in [0.25, 0.3) is 0 Å². The highest BCUT2D eigenvalue weighted by Gasteiger charge is 2.07. The molecule has 1 nitrogen and oxygen atoms in total. The lowest BCUT2D eigenvalue weighted by Crippen LogP contribution is -1.70. The van der Waals surface area contributed by atoms with Crippen LogP contribution >= 0.6 is 23.4 Å². The van der Waals surface area contributed by atoms with Crippen LogP contribution in [0.4, 0.5) is 0 Å². The molecule has 0 bridgehead atoms. The average molecular weight is 249 g/mol. The minimum absolute atomic E-state index is 0.741. The molecule has 0 saturated heterocycles. The molecule has 0 amide bonds. The number of furan rings is 1. The number of rotatable bonds is 1. The van der Waals surface area contributed by atoms with E-state index in [4.69, 9.17) is 16.0 Å². The van der Waals surface area contributed by atoms with Crippen molar-refractivity contribution in [2.45, 2.75) is 4.90 Å². The van der Waals surface area contributed by atoms with E-state index in [0.29, 0.717) is 0 Å². The van der Waals surface area contributed by atoms with E-state index in [0.717, 1.165) is 27.0 Å². The summed E-state index contributed by atoms with van der Waals surface area (Å²) in [6.07, 6.45) is 2.07. The van der Waals surface area contributed by atoms with Gasteiger partial charge in [-0.25, -0.2) is 0 Å². The van der Waals surface area contributed by atoms with Crippen molar-refractivity contribution in [3.05, 3.63) is 41.4 Å². The molecule has 0 spiro atoms. The zero-order valence-electron chi connectivity index (χ0n) is 8.66. The van der Waals surface area contributed by atoms with E-state index < -0.39 is 0 Å². The van der Waals surface area contributed by atoms with Crippen molar-refractivity contribution < 1.29 is 4.42 Å². The lowest BCUT2D eigenvalue weighted by molar-refractivity contribution is 0.668. The van der Waals surface area contributed by atoms with Crippen molar-refractivity contribution in [2.75, 3.05) is 6.26 Å². The number of benzene rings is 2. The molecule has 3 rings (SSSR count). The minimum atomic E-state index is 0.741. The second-order valence-corrected chi connectivity index (χ2v) is 4.92. The van der Waals surface area contributed by atoms with Crippen LogP contribution in [0.15, 0.2) is 45.7 Å². The van der Waals surface area contributed by atoms with E-state index in [1.807, 2.05) is 24.3 Å². The third-order valence-electron chi connectivity index (χ3n) is 2.64. The lowest BCUT2D eigenvalue weighted by Gasteiger charge is -1.95. The molecule has 0 aliphatic heterocycles. The topological polar surface area (TPSA) is 13.1 Å². The maximum Gasteiger partial charge on any atom is 0.135 e. The van der Waals surface area contributed by atoms with Crippen molar-refractivity contribution >= 4 is 45.3 Å². The Kier molecular flexibility index (Phi) is 2.34. The molecule has 0 saturated carbocycles.